The second-order valence-electron chi connectivity index (χ2n) is 6.70. The van der Waals surface area contributed by atoms with E-state index in [1.165, 1.54) is 6.92 Å². The summed E-state index contributed by atoms with van der Waals surface area (Å²) in [4.78, 5) is 27.7. The maximum Gasteiger partial charge on any atom is 0.262 e. The van der Waals surface area contributed by atoms with Crippen molar-refractivity contribution in [3.8, 4) is 17.2 Å². The highest BCUT2D eigenvalue weighted by Crippen LogP contribution is 2.29. The predicted octanol–water partition coefficient (Wildman–Crippen LogP) is 3.84. The normalized spacial score (nSPS) is 10.6. The van der Waals surface area contributed by atoms with Gasteiger partial charge in [-0.25, -0.2) is 0 Å². The number of hydrogen-bond donors (Lipinski definition) is 2. The van der Waals surface area contributed by atoms with Gasteiger partial charge in [-0.05, 0) is 36.4 Å². The Kier molecular flexibility index (Phi) is 6.23. The fourth-order valence-corrected chi connectivity index (χ4v) is 2.53. The molecule has 2 aromatic carbocycles. The minimum absolute atomic E-state index is 0.142. The molecule has 0 saturated heterocycles. The lowest BCUT2D eigenvalue weighted by molar-refractivity contribution is -0.118. The molecule has 0 atom stereocenters. The number of benzene rings is 2. The summed E-state index contributed by atoms with van der Waals surface area (Å²) in [6.45, 7) is 5.20. The SMILES string of the molecule is CC(=O)Nc1ccc(NC(=O)COc2ccccc2-c2nc(C(C)C)no2)cc1. The van der Waals surface area contributed by atoms with Crippen molar-refractivity contribution in [3.63, 3.8) is 0 Å². The Hall–Kier alpha value is -3.68. The average Bonchev–Trinajstić information content (AvgIpc) is 3.18. The van der Waals surface area contributed by atoms with Gasteiger partial charge in [0.1, 0.15) is 5.75 Å². The largest absolute Gasteiger partial charge is 0.483 e. The number of aromatic nitrogens is 2. The number of rotatable bonds is 7. The zero-order valence-corrected chi connectivity index (χ0v) is 16.4. The molecule has 2 amide bonds. The van der Waals surface area contributed by atoms with Crippen LogP contribution in [0.25, 0.3) is 11.5 Å². The van der Waals surface area contributed by atoms with E-state index in [2.05, 4.69) is 20.8 Å². The summed E-state index contributed by atoms with van der Waals surface area (Å²) < 4.78 is 11.0. The number of amides is 2. The molecule has 1 aromatic heterocycles. The average molecular weight is 394 g/mol. The van der Waals surface area contributed by atoms with Crippen molar-refractivity contribution in [1.29, 1.82) is 0 Å². The number of carbonyl (C=O) groups excluding carboxylic acids is 2. The molecule has 1 heterocycles. The van der Waals surface area contributed by atoms with Gasteiger partial charge in [0.05, 0.1) is 5.56 Å². The van der Waals surface area contributed by atoms with E-state index in [0.717, 1.165) is 0 Å². The van der Waals surface area contributed by atoms with E-state index in [4.69, 9.17) is 9.26 Å². The molecule has 0 bridgehead atoms. The molecular formula is C21H22N4O4. The first kappa shape index (κ1) is 20.1. The molecule has 29 heavy (non-hydrogen) atoms. The van der Waals surface area contributed by atoms with Crippen molar-refractivity contribution in [3.05, 3.63) is 54.4 Å². The zero-order chi connectivity index (χ0) is 20.8. The van der Waals surface area contributed by atoms with Gasteiger partial charge in [0.25, 0.3) is 11.8 Å². The summed E-state index contributed by atoms with van der Waals surface area (Å²) in [5.74, 6) is 1.09. The van der Waals surface area contributed by atoms with Crippen LogP contribution in [-0.2, 0) is 9.59 Å². The van der Waals surface area contributed by atoms with Crippen molar-refractivity contribution < 1.29 is 18.8 Å². The van der Waals surface area contributed by atoms with E-state index in [1.807, 2.05) is 19.9 Å². The van der Waals surface area contributed by atoms with Gasteiger partial charge in [-0.1, -0.05) is 31.1 Å². The molecule has 3 rings (SSSR count). The van der Waals surface area contributed by atoms with E-state index in [0.29, 0.717) is 34.4 Å². The third kappa shape index (κ3) is 5.41. The number of carbonyl (C=O) groups is 2. The van der Waals surface area contributed by atoms with Gasteiger partial charge in [0, 0.05) is 24.2 Å². The summed E-state index contributed by atoms with van der Waals surface area (Å²) in [5.41, 5.74) is 1.87. The summed E-state index contributed by atoms with van der Waals surface area (Å²) >= 11 is 0. The summed E-state index contributed by atoms with van der Waals surface area (Å²) in [6.07, 6.45) is 0. The van der Waals surface area contributed by atoms with Crippen molar-refractivity contribution in [2.24, 2.45) is 0 Å². The van der Waals surface area contributed by atoms with Crippen molar-refractivity contribution in [1.82, 2.24) is 10.1 Å². The molecule has 0 spiro atoms. The fraction of sp³-hybridized carbons (Fsp3) is 0.238. The van der Waals surface area contributed by atoms with Crippen LogP contribution >= 0.6 is 0 Å². The monoisotopic (exact) mass is 394 g/mol. The molecule has 0 unspecified atom stereocenters. The van der Waals surface area contributed by atoms with Crippen LogP contribution in [0.5, 0.6) is 5.75 Å². The van der Waals surface area contributed by atoms with Crippen LogP contribution in [0, 0.1) is 0 Å². The van der Waals surface area contributed by atoms with E-state index in [-0.39, 0.29) is 24.3 Å². The lowest BCUT2D eigenvalue weighted by Gasteiger charge is -2.10. The van der Waals surface area contributed by atoms with Crippen LogP contribution < -0.4 is 15.4 Å². The molecule has 0 aliphatic rings. The highest BCUT2D eigenvalue weighted by atomic mass is 16.5. The van der Waals surface area contributed by atoms with Crippen LogP contribution in [0.1, 0.15) is 32.5 Å². The Bertz CT molecular complexity index is 996. The number of hydrogen-bond acceptors (Lipinski definition) is 6. The van der Waals surface area contributed by atoms with Gasteiger partial charge >= 0.3 is 0 Å². The third-order valence-electron chi connectivity index (χ3n) is 3.92. The number of nitrogens with zero attached hydrogens (tertiary/aromatic N) is 2. The standard InChI is InChI=1S/C21H22N4O4/c1-13(2)20-24-21(29-25-20)17-6-4-5-7-18(17)28-12-19(27)23-16-10-8-15(9-11-16)22-14(3)26/h4-11,13H,12H2,1-3H3,(H,22,26)(H,23,27). The minimum atomic E-state index is -0.319. The topological polar surface area (TPSA) is 106 Å². The van der Waals surface area contributed by atoms with E-state index in [9.17, 15) is 9.59 Å². The molecule has 0 aliphatic heterocycles. The fourth-order valence-electron chi connectivity index (χ4n) is 2.53. The van der Waals surface area contributed by atoms with Crippen molar-refractivity contribution in [2.45, 2.75) is 26.7 Å². The second kappa shape index (κ2) is 9.01. The minimum Gasteiger partial charge on any atom is -0.483 e. The van der Waals surface area contributed by atoms with Crippen LogP contribution in [0.2, 0.25) is 0 Å². The molecule has 2 N–H and O–H groups in total. The Morgan fingerprint density at radius 2 is 1.69 bits per heavy atom. The van der Waals surface area contributed by atoms with Crippen LogP contribution in [0.4, 0.5) is 11.4 Å². The number of ether oxygens (including phenoxy) is 1. The van der Waals surface area contributed by atoms with Gasteiger partial charge < -0.3 is 19.9 Å². The van der Waals surface area contributed by atoms with E-state index < -0.39 is 0 Å². The predicted molar refractivity (Wildman–Crippen MR) is 109 cm³/mol. The first-order chi connectivity index (χ1) is 13.9. The first-order valence-corrected chi connectivity index (χ1v) is 9.15. The van der Waals surface area contributed by atoms with Gasteiger partial charge in [0.2, 0.25) is 5.91 Å². The molecule has 0 radical (unpaired) electrons. The Morgan fingerprint density at radius 1 is 1.03 bits per heavy atom. The summed E-state index contributed by atoms with van der Waals surface area (Å²) in [7, 11) is 0. The zero-order valence-electron chi connectivity index (χ0n) is 16.4. The smallest absolute Gasteiger partial charge is 0.262 e. The molecule has 0 saturated carbocycles. The van der Waals surface area contributed by atoms with Gasteiger partial charge in [-0.15, -0.1) is 0 Å². The Balaban J connectivity index is 1.62. The van der Waals surface area contributed by atoms with E-state index >= 15 is 0 Å². The number of anilines is 2. The highest BCUT2D eigenvalue weighted by molar-refractivity contribution is 5.93. The van der Waals surface area contributed by atoms with Gasteiger partial charge in [-0.2, -0.15) is 4.98 Å². The van der Waals surface area contributed by atoms with Gasteiger partial charge in [-0.3, -0.25) is 9.59 Å². The van der Waals surface area contributed by atoms with Crippen LogP contribution in [0.15, 0.2) is 53.1 Å². The molecular weight excluding hydrogens is 372 g/mol. The quantitative estimate of drug-likeness (QED) is 0.631. The molecule has 0 fully saturated rings. The lowest BCUT2D eigenvalue weighted by atomic mass is 10.2. The molecule has 0 aliphatic carbocycles. The maximum atomic E-state index is 12.2. The highest BCUT2D eigenvalue weighted by Gasteiger charge is 2.16. The summed E-state index contributed by atoms with van der Waals surface area (Å²) in [6, 6.07) is 14.0. The molecule has 3 aromatic rings. The lowest BCUT2D eigenvalue weighted by Crippen LogP contribution is -2.20. The second-order valence-corrected chi connectivity index (χ2v) is 6.70. The number of para-hydroxylation sites is 1. The third-order valence-corrected chi connectivity index (χ3v) is 3.92. The van der Waals surface area contributed by atoms with Gasteiger partial charge in [0.15, 0.2) is 12.4 Å². The molecule has 8 nitrogen and oxygen atoms in total. The van der Waals surface area contributed by atoms with Crippen LogP contribution in [-0.4, -0.2) is 28.6 Å². The van der Waals surface area contributed by atoms with Crippen molar-refractivity contribution >= 4 is 23.2 Å². The van der Waals surface area contributed by atoms with Crippen molar-refractivity contribution in [2.75, 3.05) is 17.2 Å². The maximum absolute atomic E-state index is 12.2. The summed E-state index contributed by atoms with van der Waals surface area (Å²) in [5, 5.41) is 9.37. The number of nitrogens with one attached hydrogen (secondary N) is 2. The van der Waals surface area contributed by atoms with Crippen LogP contribution in [0.3, 0.4) is 0 Å². The molecule has 150 valence electrons. The first-order valence-electron chi connectivity index (χ1n) is 9.15. The Morgan fingerprint density at radius 3 is 2.31 bits per heavy atom. The Labute approximate surface area is 168 Å². The molecule has 8 heteroatoms. The van der Waals surface area contributed by atoms with E-state index in [1.54, 1.807) is 42.5 Å².